The predicted octanol–water partition coefficient (Wildman–Crippen LogP) is 4.70. The normalized spacial score (nSPS) is 26.3. The first kappa shape index (κ1) is 36.7. The summed E-state index contributed by atoms with van der Waals surface area (Å²) in [6, 6.07) is 18.1. The fourth-order valence-corrected chi connectivity index (χ4v) is 9.56. The molecule has 0 radical (unpaired) electrons. The van der Waals surface area contributed by atoms with Crippen molar-refractivity contribution in [1.29, 1.82) is 0 Å². The molecule has 5 aliphatic carbocycles. The molecular formula is C40H52Cl2Zr. The summed E-state index contributed by atoms with van der Waals surface area (Å²) < 4.78 is 0. The monoisotopic (exact) mass is 692 g/mol. The van der Waals surface area contributed by atoms with Crippen molar-refractivity contribution in [2.24, 2.45) is 23.7 Å². The number of rotatable bonds is 1. The van der Waals surface area contributed by atoms with Crippen molar-refractivity contribution in [2.45, 2.75) is 124 Å². The first-order valence-electron chi connectivity index (χ1n) is 16.1. The molecule has 4 fully saturated rings. The molecule has 4 saturated carbocycles. The molecule has 4 bridgehead atoms. The Morgan fingerprint density at radius 1 is 0.744 bits per heavy atom. The van der Waals surface area contributed by atoms with Gasteiger partial charge < -0.3 is 24.8 Å². The van der Waals surface area contributed by atoms with Crippen LogP contribution in [0.4, 0.5) is 0 Å². The second-order valence-electron chi connectivity index (χ2n) is 16.5. The maximum atomic E-state index is 3.69. The summed E-state index contributed by atoms with van der Waals surface area (Å²) in [6.45, 7) is 23.1. The van der Waals surface area contributed by atoms with Gasteiger partial charge in [0, 0.05) is 0 Å². The summed E-state index contributed by atoms with van der Waals surface area (Å²) in [4.78, 5) is 0. The Morgan fingerprint density at radius 2 is 1.28 bits per heavy atom. The summed E-state index contributed by atoms with van der Waals surface area (Å²) in [7, 11) is 0. The van der Waals surface area contributed by atoms with Gasteiger partial charge in [-0.15, -0.1) is 16.7 Å². The fraction of sp³-hybridized carbons (Fsp3) is 0.575. The maximum absolute atomic E-state index is 3.69. The van der Waals surface area contributed by atoms with Gasteiger partial charge in [0.25, 0.3) is 0 Å². The molecule has 0 nitrogen and oxygen atoms in total. The molecule has 0 heterocycles. The van der Waals surface area contributed by atoms with Crippen molar-refractivity contribution in [3.63, 3.8) is 0 Å². The van der Waals surface area contributed by atoms with Gasteiger partial charge in [0.15, 0.2) is 0 Å². The topological polar surface area (TPSA) is 0 Å². The molecule has 0 spiro atoms. The van der Waals surface area contributed by atoms with Gasteiger partial charge in [0.2, 0.25) is 0 Å². The van der Waals surface area contributed by atoms with Crippen molar-refractivity contribution in [3.05, 3.63) is 87.0 Å². The van der Waals surface area contributed by atoms with Gasteiger partial charge in [-0.2, -0.15) is 41.0 Å². The molecule has 8 rings (SSSR count). The summed E-state index contributed by atoms with van der Waals surface area (Å²) in [5.74, 6) is 4.14. The van der Waals surface area contributed by atoms with Crippen LogP contribution in [0.3, 0.4) is 0 Å². The van der Waals surface area contributed by atoms with E-state index in [1.165, 1.54) is 75.8 Å². The van der Waals surface area contributed by atoms with Crippen LogP contribution in [-0.2, 0) is 48.9 Å². The zero-order chi connectivity index (χ0) is 28.8. The minimum Gasteiger partial charge on any atom is -1.00 e. The summed E-state index contributed by atoms with van der Waals surface area (Å²) in [5.41, 5.74) is 15.2. The summed E-state index contributed by atoms with van der Waals surface area (Å²) in [5, 5.41) is 0. The molecule has 0 saturated heterocycles. The number of aryl methyl sites for hydroxylation is 3. The van der Waals surface area contributed by atoms with E-state index in [0.717, 1.165) is 30.1 Å². The number of fused-ring (bicyclic) bond motifs is 3. The third kappa shape index (κ3) is 6.58. The van der Waals surface area contributed by atoms with Crippen molar-refractivity contribution < 1.29 is 51.0 Å². The molecule has 3 aromatic rings. The van der Waals surface area contributed by atoms with Crippen LogP contribution in [0.25, 0.3) is 11.1 Å². The molecule has 5 aliphatic rings. The Morgan fingerprint density at radius 3 is 1.77 bits per heavy atom. The van der Waals surface area contributed by atoms with E-state index in [-0.39, 0.29) is 61.8 Å². The van der Waals surface area contributed by atoms with E-state index in [2.05, 4.69) is 112 Å². The molecule has 0 aliphatic heterocycles. The Kier molecular flexibility index (Phi) is 10.9. The van der Waals surface area contributed by atoms with Gasteiger partial charge in [0.05, 0.1) is 0 Å². The van der Waals surface area contributed by atoms with Crippen LogP contribution in [-0.4, -0.2) is 0 Å². The van der Waals surface area contributed by atoms with Gasteiger partial charge >= 0.3 is 26.2 Å². The third-order valence-corrected chi connectivity index (χ3v) is 11.4. The smallest absolute Gasteiger partial charge is 1.00 e. The minimum absolute atomic E-state index is 0. The van der Waals surface area contributed by atoms with Gasteiger partial charge in [-0.1, -0.05) is 90.8 Å². The first-order valence-corrected chi connectivity index (χ1v) is 16.1. The predicted molar refractivity (Wildman–Crippen MR) is 172 cm³/mol. The van der Waals surface area contributed by atoms with E-state index in [0.29, 0.717) is 5.41 Å². The average molecular weight is 695 g/mol. The average Bonchev–Trinajstić information content (AvgIpc) is 3.42. The third-order valence-electron chi connectivity index (χ3n) is 11.4. The Labute approximate surface area is 294 Å². The molecule has 0 N–H and O–H groups in total. The van der Waals surface area contributed by atoms with Crippen molar-refractivity contribution in [2.75, 3.05) is 0 Å². The zero-order valence-electron chi connectivity index (χ0n) is 28.3. The van der Waals surface area contributed by atoms with E-state index < -0.39 is 0 Å². The number of benzene rings is 2. The van der Waals surface area contributed by atoms with Crippen LogP contribution in [0.1, 0.15) is 125 Å². The Hall–Kier alpha value is -0.747. The second kappa shape index (κ2) is 12.8. The van der Waals surface area contributed by atoms with Crippen LogP contribution >= 0.6 is 0 Å². The number of halogens is 2. The minimum atomic E-state index is 0. The molecule has 0 unspecified atom stereocenters. The molecule has 230 valence electrons. The van der Waals surface area contributed by atoms with Gasteiger partial charge in [-0.25, -0.2) is 6.07 Å². The van der Waals surface area contributed by atoms with Crippen LogP contribution in [0.2, 0.25) is 0 Å². The summed E-state index contributed by atoms with van der Waals surface area (Å²) >= 11 is 0. The van der Waals surface area contributed by atoms with Crippen LogP contribution in [0.15, 0.2) is 36.4 Å². The number of hydrogen-bond acceptors (Lipinski definition) is 0. The van der Waals surface area contributed by atoms with Crippen molar-refractivity contribution >= 4 is 0 Å². The quantitative estimate of drug-likeness (QED) is 0.254. The van der Waals surface area contributed by atoms with E-state index >= 15 is 0 Å². The van der Waals surface area contributed by atoms with E-state index in [4.69, 9.17) is 0 Å². The van der Waals surface area contributed by atoms with Crippen molar-refractivity contribution in [3.8, 4) is 11.1 Å². The van der Waals surface area contributed by atoms with Gasteiger partial charge in [-0.05, 0) is 91.2 Å². The van der Waals surface area contributed by atoms with E-state index in [9.17, 15) is 0 Å². The van der Waals surface area contributed by atoms with Crippen molar-refractivity contribution in [1.82, 2.24) is 0 Å². The molecule has 43 heavy (non-hydrogen) atoms. The second-order valence-corrected chi connectivity index (χ2v) is 16.5. The van der Waals surface area contributed by atoms with Crippen LogP contribution in [0, 0.1) is 50.5 Å². The van der Waals surface area contributed by atoms with Crippen LogP contribution < -0.4 is 24.8 Å². The molecular weight excluding hydrogens is 643 g/mol. The summed E-state index contributed by atoms with van der Waals surface area (Å²) in [6.07, 6.45) is 8.67. The molecule has 0 aromatic heterocycles. The largest absolute Gasteiger partial charge is 4.00 e. The molecule has 3 heteroatoms. The van der Waals surface area contributed by atoms with E-state index in [1.54, 1.807) is 12.0 Å². The Bertz CT molecular complexity index is 1350. The maximum Gasteiger partial charge on any atom is 4.00 e. The van der Waals surface area contributed by atoms with Crippen LogP contribution in [0.5, 0.6) is 0 Å². The fourth-order valence-electron chi connectivity index (χ4n) is 9.56. The van der Waals surface area contributed by atoms with Gasteiger partial charge in [-0.3, -0.25) is 0 Å². The standard InChI is InChI=1S/C23H29.C17H23.2ClH.Zr/c1-14-9-16-11-17-10-15(2)21(23(6,7)8)13-19(17)18(16)12-20(14)22(3,4)5;1-11-3-4-14(5-11)17(2)15-7-12-6-13(9-15)10-16(17)8-12;;;/h9,12-13H,11H2,1-8H3;3-5,12-13,15-16H,6-10H2,1-2H3;2*1H;/q2*-1;;;+4/p-2. The Balaban J connectivity index is 0.000000227. The number of hydrogen-bond donors (Lipinski definition) is 0. The first-order chi connectivity index (χ1) is 18.6. The molecule has 0 amide bonds. The SMILES string of the molecule is Cc1[c-]c2c(cc1C(C)(C)C)-c1cc(C(C)(C)C)c(C)cc1C2.Cc1cc(C2(C)C3CC4CC(C3)CC2C4)c[cH-]1.[Cl-].[Cl-].[Zr+4]. The van der Waals surface area contributed by atoms with E-state index in [1.807, 2.05) is 0 Å². The van der Waals surface area contributed by atoms with Gasteiger partial charge in [0.1, 0.15) is 0 Å². The molecule has 3 aromatic carbocycles. The molecule has 0 atom stereocenters. The zero-order valence-corrected chi connectivity index (χ0v) is 32.2.